The molecular weight excluding hydrogens is 294 g/mol. The number of alkyl halides is 1. The number of ether oxygens (including phenoxy) is 2. The number of methoxy groups -OCH3 is 1. The summed E-state index contributed by atoms with van der Waals surface area (Å²) < 4.78 is 11.0. The molecule has 18 heavy (non-hydrogen) atoms. The SMILES string of the molecule is COc1c(C)cnc(CC2(CBr)CCOC2)c1C. The van der Waals surface area contributed by atoms with Crippen LogP contribution in [0.4, 0.5) is 0 Å². The van der Waals surface area contributed by atoms with Gasteiger partial charge in [0.1, 0.15) is 5.75 Å². The van der Waals surface area contributed by atoms with Crippen LogP contribution in [-0.4, -0.2) is 30.6 Å². The van der Waals surface area contributed by atoms with Crippen molar-refractivity contribution in [1.82, 2.24) is 4.98 Å². The van der Waals surface area contributed by atoms with Crippen LogP contribution in [-0.2, 0) is 11.2 Å². The van der Waals surface area contributed by atoms with Crippen LogP contribution in [0.25, 0.3) is 0 Å². The molecular formula is C14H20BrNO2. The summed E-state index contributed by atoms with van der Waals surface area (Å²) in [5.41, 5.74) is 3.57. The molecule has 1 aliphatic heterocycles. The Hall–Kier alpha value is -0.610. The van der Waals surface area contributed by atoms with E-state index in [1.165, 1.54) is 0 Å². The van der Waals surface area contributed by atoms with Crippen LogP contribution >= 0.6 is 15.9 Å². The summed E-state index contributed by atoms with van der Waals surface area (Å²) in [7, 11) is 1.72. The van der Waals surface area contributed by atoms with Crippen LogP contribution in [0.1, 0.15) is 23.2 Å². The molecule has 1 atom stereocenters. The summed E-state index contributed by atoms with van der Waals surface area (Å²) in [5.74, 6) is 0.962. The van der Waals surface area contributed by atoms with Gasteiger partial charge < -0.3 is 9.47 Å². The molecule has 0 aromatic carbocycles. The van der Waals surface area contributed by atoms with Crippen molar-refractivity contribution in [3.8, 4) is 5.75 Å². The van der Waals surface area contributed by atoms with E-state index in [1.54, 1.807) is 7.11 Å². The number of pyridine rings is 1. The van der Waals surface area contributed by atoms with Gasteiger partial charge in [0.15, 0.2) is 0 Å². The first-order chi connectivity index (χ1) is 8.62. The number of aromatic nitrogens is 1. The van der Waals surface area contributed by atoms with Crippen molar-refractivity contribution in [3.05, 3.63) is 23.0 Å². The van der Waals surface area contributed by atoms with E-state index < -0.39 is 0 Å². The van der Waals surface area contributed by atoms with E-state index in [9.17, 15) is 0 Å². The van der Waals surface area contributed by atoms with Crippen molar-refractivity contribution in [2.24, 2.45) is 5.41 Å². The molecule has 1 aromatic heterocycles. The molecule has 1 saturated heterocycles. The van der Waals surface area contributed by atoms with E-state index in [4.69, 9.17) is 9.47 Å². The normalized spacial score (nSPS) is 23.3. The molecule has 4 heteroatoms. The van der Waals surface area contributed by atoms with Crippen LogP contribution in [0, 0.1) is 19.3 Å². The molecule has 0 radical (unpaired) electrons. The Labute approximate surface area is 117 Å². The standard InChI is InChI=1S/C14H20BrNO2/c1-10-7-16-12(11(2)13(10)17-3)6-14(8-15)4-5-18-9-14/h7H,4-6,8-9H2,1-3H3. The Morgan fingerprint density at radius 2 is 2.28 bits per heavy atom. The van der Waals surface area contributed by atoms with E-state index in [0.717, 1.165) is 54.0 Å². The summed E-state index contributed by atoms with van der Waals surface area (Å²) in [6, 6.07) is 0. The van der Waals surface area contributed by atoms with Gasteiger partial charge in [-0.2, -0.15) is 0 Å². The third-order valence-corrected chi connectivity index (χ3v) is 4.95. The molecule has 0 aliphatic carbocycles. The smallest absolute Gasteiger partial charge is 0.128 e. The highest BCUT2D eigenvalue weighted by Gasteiger charge is 2.35. The molecule has 2 heterocycles. The van der Waals surface area contributed by atoms with Crippen molar-refractivity contribution < 1.29 is 9.47 Å². The van der Waals surface area contributed by atoms with E-state index in [1.807, 2.05) is 13.1 Å². The van der Waals surface area contributed by atoms with Gasteiger partial charge in [-0.25, -0.2) is 0 Å². The number of aryl methyl sites for hydroxylation is 1. The highest BCUT2D eigenvalue weighted by molar-refractivity contribution is 9.09. The minimum atomic E-state index is 0.192. The Kier molecular flexibility index (Phi) is 4.28. The molecule has 1 unspecified atom stereocenters. The largest absolute Gasteiger partial charge is 0.496 e. The minimum Gasteiger partial charge on any atom is -0.496 e. The lowest BCUT2D eigenvalue weighted by atomic mass is 9.83. The van der Waals surface area contributed by atoms with Gasteiger partial charge in [0.25, 0.3) is 0 Å². The maximum atomic E-state index is 5.55. The summed E-state index contributed by atoms with van der Waals surface area (Å²) >= 11 is 3.63. The van der Waals surface area contributed by atoms with Gasteiger partial charge in [-0.05, 0) is 26.7 Å². The van der Waals surface area contributed by atoms with Gasteiger partial charge in [-0.1, -0.05) is 15.9 Å². The molecule has 3 nitrogen and oxygen atoms in total. The summed E-state index contributed by atoms with van der Waals surface area (Å²) in [6.45, 7) is 5.79. The lowest BCUT2D eigenvalue weighted by Crippen LogP contribution is -2.27. The van der Waals surface area contributed by atoms with E-state index in [-0.39, 0.29) is 5.41 Å². The third kappa shape index (κ3) is 2.54. The van der Waals surface area contributed by atoms with Crippen molar-refractivity contribution in [3.63, 3.8) is 0 Å². The predicted molar refractivity (Wildman–Crippen MR) is 75.6 cm³/mol. The molecule has 1 fully saturated rings. The number of hydrogen-bond donors (Lipinski definition) is 0. The minimum absolute atomic E-state index is 0.192. The van der Waals surface area contributed by atoms with Gasteiger partial charge >= 0.3 is 0 Å². The van der Waals surface area contributed by atoms with Crippen molar-refractivity contribution in [2.75, 3.05) is 25.7 Å². The Balaban J connectivity index is 2.29. The first-order valence-corrected chi connectivity index (χ1v) is 7.37. The van der Waals surface area contributed by atoms with Gasteiger partial charge in [-0.15, -0.1) is 0 Å². The second-order valence-electron chi connectivity index (χ2n) is 5.16. The van der Waals surface area contributed by atoms with Gasteiger partial charge in [0.05, 0.1) is 13.7 Å². The maximum Gasteiger partial charge on any atom is 0.128 e. The number of hydrogen-bond acceptors (Lipinski definition) is 3. The predicted octanol–water partition coefficient (Wildman–Crippen LogP) is 3.05. The fourth-order valence-electron chi connectivity index (χ4n) is 2.55. The Morgan fingerprint density at radius 1 is 1.50 bits per heavy atom. The zero-order valence-electron chi connectivity index (χ0n) is 11.3. The van der Waals surface area contributed by atoms with Crippen molar-refractivity contribution in [1.29, 1.82) is 0 Å². The average Bonchev–Trinajstić information content (AvgIpc) is 2.83. The zero-order valence-corrected chi connectivity index (χ0v) is 12.8. The quantitative estimate of drug-likeness (QED) is 0.801. The first-order valence-electron chi connectivity index (χ1n) is 6.25. The third-order valence-electron chi connectivity index (χ3n) is 3.76. The first kappa shape index (κ1) is 13.8. The molecule has 100 valence electrons. The molecule has 0 amide bonds. The zero-order chi connectivity index (χ0) is 13.2. The topological polar surface area (TPSA) is 31.4 Å². The molecule has 0 saturated carbocycles. The number of rotatable bonds is 4. The molecule has 2 rings (SSSR count). The van der Waals surface area contributed by atoms with Gasteiger partial charge in [0.2, 0.25) is 0 Å². The van der Waals surface area contributed by atoms with Crippen LogP contribution in [0.5, 0.6) is 5.75 Å². The molecule has 1 aromatic rings. The average molecular weight is 314 g/mol. The summed E-state index contributed by atoms with van der Waals surface area (Å²) in [6.07, 6.45) is 3.94. The number of nitrogens with zero attached hydrogens (tertiary/aromatic N) is 1. The van der Waals surface area contributed by atoms with E-state index >= 15 is 0 Å². The Morgan fingerprint density at radius 3 is 2.83 bits per heavy atom. The maximum absolute atomic E-state index is 5.55. The summed E-state index contributed by atoms with van der Waals surface area (Å²) in [4.78, 5) is 4.59. The van der Waals surface area contributed by atoms with E-state index in [2.05, 4.69) is 27.8 Å². The second kappa shape index (κ2) is 5.57. The molecule has 0 spiro atoms. The second-order valence-corrected chi connectivity index (χ2v) is 5.72. The van der Waals surface area contributed by atoms with Crippen LogP contribution in [0.2, 0.25) is 0 Å². The number of halogens is 1. The fraction of sp³-hybridized carbons (Fsp3) is 0.643. The highest BCUT2D eigenvalue weighted by atomic mass is 79.9. The van der Waals surface area contributed by atoms with Crippen molar-refractivity contribution in [2.45, 2.75) is 26.7 Å². The molecule has 1 aliphatic rings. The lowest BCUT2D eigenvalue weighted by molar-refractivity contribution is 0.161. The lowest BCUT2D eigenvalue weighted by Gasteiger charge is -2.25. The summed E-state index contributed by atoms with van der Waals surface area (Å²) in [5, 5.41) is 0.956. The highest BCUT2D eigenvalue weighted by Crippen LogP contribution is 2.36. The van der Waals surface area contributed by atoms with Crippen LogP contribution < -0.4 is 4.74 Å². The van der Waals surface area contributed by atoms with Crippen LogP contribution in [0.3, 0.4) is 0 Å². The monoisotopic (exact) mass is 313 g/mol. The van der Waals surface area contributed by atoms with E-state index in [0.29, 0.717) is 0 Å². The van der Waals surface area contributed by atoms with Crippen molar-refractivity contribution >= 4 is 15.9 Å². The van der Waals surface area contributed by atoms with Gasteiger partial charge in [-0.3, -0.25) is 4.98 Å². The molecule has 0 N–H and O–H groups in total. The fourth-order valence-corrected chi connectivity index (χ4v) is 3.19. The Bertz CT molecular complexity index is 428. The molecule has 0 bridgehead atoms. The van der Waals surface area contributed by atoms with Crippen LogP contribution in [0.15, 0.2) is 6.20 Å². The van der Waals surface area contributed by atoms with Gasteiger partial charge in [0, 0.05) is 40.4 Å².